The molecule has 1 N–H and O–H groups in total. The molecule has 0 spiro atoms. The summed E-state index contributed by atoms with van der Waals surface area (Å²) in [7, 11) is -3.60. The van der Waals surface area contributed by atoms with Crippen molar-refractivity contribution in [3.8, 4) is 0 Å². The van der Waals surface area contributed by atoms with E-state index in [1.165, 1.54) is 0 Å². The number of halogens is 1. The third-order valence-corrected chi connectivity index (χ3v) is 6.44. The summed E-state index contributed by atoms with van der Waals surface area (Å²) in [6.45, 7) is 1.99. The van der Waals surface area contributed by atoms with Gasteiger partial charge >= 0.3 is 0 Å². The van der Waals surface area contributed by atoms with Crippen molar-refractivity contribution in [3.63, 3.8) is 0 Å². The monoisotopic (exact) mass is 471 g/mol. The van der Waals surface area contributed by atoms with E-state index in [0.717, 1.165) is 21.2 Å². The molecule has 29 heavy (non-hydrogen) atoms. The topological polar surface area (TPSA) is 63.2 Å². The van der Waals surface area contributed by atoms with Crippen molar-refractivity contribution in [1.29, 1.82) is 0 Å². The van der Waals surface area contributed by atoms with E-state index in [-0.39, 0.29) is 5.75 Å². The molecule has 1 amide bonds. The highest BCUT2D eigenvalue weighted by Gasteiger charge is 2.22. The fourth-order valence-electron chi connectivity index (χ4n) is 3.10. The van der Waals surface area contributed by atoms with E-state index in [1.54, 1.807) is 18.2 Å². The van der Waals surface area contributed by atoms with E-state index < -0.39 is 27.5 Å². The van der Waals surface area contributed by atoms with Gasteiger partial charge in [0.2, 0.25) is 5.91 Å². The van der Waals surface area contributed by atoms with E-state index in [9.17, 15) is 13.2 Å². The SMILES string of the molecule is Cc1ccc(C(NC(=O)CS(=O)(=O)Cc2cccc(Br)c2)c2ccccc2)cc1. The van der Waals surface area contributed by atoms with Crippen LogP contribution in [0.1, 0.15) is 28.3 Å². The van der Waals surface area contributed by atoms with Gasteiger partial charge in [0.25, 0.3) is 0 Å². The van der Waals surface area contributed by atoms with Gasteiger partial charge in [-0.2, -0.15) is 0 Å². The normalized spacial score (nSPS) is 12.3. The first kappa shape index (κ1) is 21.3. The first-order chi connectivity index (χ1) is 13.8. The van der Waals surface area contributed by atoms with Crippen LogP contribution in [0.3, 0.4) is 0 Å². The number of carbonyl (C=O) groups excluding carboxylic acids is 1. The molecule has 3 aromatic carbocycles. The highest BCUT2D eigenvalue weighted by molar-refractivity contribution is 9.10. The van der Waals surface area contributed by atoms with Crippen molar-refractivity contribution < 1.29 is 13.2 Å². The highest BCUT2D eigenvalue weighted by atomic mass is 79.9. The van der Waals surface area contributed by atoms with Crippen LogP contribution >= 0.6 is 15.9 Å². The molecule has 0 aliphatic carbocycles. The van der Waals surface area contributed by atoms with Crippen LogP contribution in [0.4, 0.5) is 0 Å². The number of hydrogen-bond donors (Lipinski definition) is 1. The molecule has 150 valence electrons. The first-order valence-corrected chi connectivity index (χ1v) is 11.8. The zero-order valence-corrected chi connectivity index (χ0v) is 18.4. The maximum Gasteiger partial charge on any atom is 0.235 e. The van der Waals surface area contributed by atoms with Crippen LogP contribution < -0.4 is 5.32 Å². The standard InChI is InChI=1S/C23H22BrNO3S/c1-17-10-12-20(13-11-17)23(19-7-3-2-4-8-19)25-22(26)16-29(27,28)15-18-6-5-9-21(24)14-18/h2-14,23H,15-16H2,1H3,(H,25,26). The van der Waals surface area contributed by atoms with Gasteiger partial charge in [-0.3, -0.25) is 4.79 Å². The fourth-order valence-corrected chi connectivity index (χ4v) is 4.82. The number of sulfone groups is 1. The Balaban J connectivity index is 1.77. The molecule has 1 unspecified atom stereocenters. The largest absolute Gasteiger partial charge is 0.344 e. The molecule has 6 heteroatoms. The second kappa shape index (κ2) is 9.37. The van der Waals surface area contributed by atoms with Gasteiger partial charge in [-0.1, -0.05) is 88.2 Å². The van der Waals surface area contributed by atoms with Crippen LogP contribution in [0.15, 0.2) is 83.3 Å². The van der Waals surface area contributed by atoms with Crippen molar-refractivity contribution in [2.45, 2.75) is 18.7 Å². The van der Waals surface area contributed by atoms with Gasteiger partial charge in [-0.05, 0) is 35.7 Å². The minimum atomic E-state index is -3.60. The molecule has 0 bridgehead atoms. The second-order valence-electron chi connectivity index (χ2n) is 6.98. The summed E-state index contributed by atoms with van der Waals surface area (Å²) < 4.78 is 25.9. The summed E-state index contributed by atoms with van der Waals surface area (Å²) in [4.78, 5) is 12.6. The number of nitrogens with one attached hydrogen (secondary N) is 1. The van der Waals surface area contributed by atoms with E-state index in [4.69, 9.17) is 0 Å². The van der Waals surface area contributed by atoms with Gasteiger partial charge in [0, 0.05) is 4.47 Å². The van der Waals surface area contributed by atoms with Crippen molar-refractivity contribution >= 4 is 31.7 Å². The molecule has 0 radical (unpaired) electrons. The number of benzene rings is 3. The van der Waals surface area contributed by atoms with Gasteiger partial charge in [-0.15, -0.1) is 0 Å². The summed E-state index contributed by atoms with van der Waals surface area (Å²) in [6, 6.07) is 24.0. The van der Waals surface area contributed by atoms with Crippen molar-refractivity contribution in [2.75, 3.05) is 5.75 Å². The Kier molecular flexibility index (Phi) is 6.87. The summed E-state index contributed by atoms with van der Waals surface area (Å²) in [5, 5.41) is 2.89. The lowest BCUT2D eigenvalue weighted by Gasteiger charge is -2.20. The number of amides is 1. The minimum absolute atomic E-state index is 0.180. The van der Waals surface area contributed by atoms with Crippen LogP contribution in [-0.4, -0.2) is 20.1 Å². The Morgan fingerprint density at radius 3 is 2.24 bits per heavy atom. The number of aryl methyl sites for hydroxylation is 1. The van der Waals surface area contributed by atoms with Crippen molar-refractivity contribution in [2.24, 2.45) is 0 Å². The van der Waals surface area contributed by atoms with Crippen LogP contribution in [0.2, 0.25) is 0 Å². The molecule has 0 heterocycles. The third kappa shape index (κ3) is 6.27. The second-order valence-corrected chi connectivity index (χ2v) is 9.96. The average Bonchev–Trinajstić information content (AvgIpc) is 2.67. The molecule has 4 nitrogen and oxygen atoms in total. The van der Waals surface area contributed by atoms with E-state index in [2.05, 4.69) is 21.2 Å². The molecular weight excluding hydrogens is 450 g/mol. The van der Waals surface area contributed by atoms with E-state index in [1.807, 2.05) is 67.6 Å². The van der Waals surface area contributed by atoms with Gasteiger partial charge in [0.1, 0.15) is 5.75 Å². The maximum atomic E-state index is 12.6. The molecule has 0 aliphatic rings. The van der Waals surface area contributed by atoms with Crippen LogP contribution in [-0.2, 0) is 20.4 Å². The summed E-state index contributed by atoms with van der Waals surface area (Å²) >= 11 is 3.34. The minimum Gasteiger partial charge on any atom is -0.344 e. The Morgan fingerprint density at radius 1 is 0.931 bits per heavy atom. The Morgan fingerprint density at radius 2 is 1.59 bits per heavy atom. The highest BCUT2D eigenvalue weighted by Crippen LogP contribution is 2.22. The Labute approximate surface area is 180 Å². The molecule has 3 rings (SSSR count). The average molecular weight is 472 g/mol. The smallest absolute Gasteiger partial charge is 0.235 e. The Hall–Kier alpha value is -2.44. The zero-order chi connectivity index (χ0) is 20.9. The van der Waals surface area contributed by atoms with Crippen LogP contribution in [0.25, 0.3) is 0 Å². The lowest BCUT2D eigenvalue weighted by Crippen LogP contribution is -2.34. The Bertz CT molecular complexity index is 1080. The predicted molar refractivity (Wildman–Crippen MR) is 119 cm³/mol. The lowest BCUT2D eigenvalue weighted by molar-refractivity contribution is -0.119. The summed E-state index contributed by atoms with van der Waals surface area (Å²) in [5.41, 5.74) is 3.56. The molecule has 0 aromatic heterocycles. The first-order valence-electron chi connectivity index (χ1n) is 9.18. The molecule has 0 aliphatic heterocycles. The number of rotatable bonds is 7. The summed E-state index contributed by atoms with van der Waals surface area (Å²) in [6.07, 6.45) is 0. The van der Waals surface area contributed by atoms with E-state index >= 15 is 0 Å². The lowest BCUT2D eigenvalue weighted by atomic mass is 9.98. The van der Waals surface area contributed by atoms with Gasteiger partial charge < -0.3 is 5.32 Å². The van der Waals surface area contributed by atoms with Crippen molar-refractivity contribution in [3.05, 3.63) is 106 Å². The third-order valence-electron chi connectivity index (χ3n) is 4.48. The summed E-state index contributed by atoms with van der Waals surface area (Å²) in [5.74, 6) is -1.26. The molecule has 0 saturated carbocycles. The predicted octanol–water partition coefficient (Wildman–Crippen LogP) is 4.58. The molecule has 1 atom stereocenters. The molecule has 3 aromatic rings. The number of carbonyl (C=O) groups is 1. The molecular formula is C23H22BrNO3S. The van der Waals surface area contributed by atoms with Gasteiger partial charge in [0.15, 0.2) is 9.84 Å². The fraction of sp³-hybridized carbons (Fsp3) is 0.174. The van der Waals surface area contributed by atoms with Gasteiger partial charge in [0.05, 0.1) is 11.8 Å². The molecule has 0 fully saturated rings. The maximum absolute atomic E-state index is 12.6. The van der Waals surface area contributed by atoms with Gasteiger partial charge in [-0.25, -0.2) is 8.42 Å². The van der Waals surface area contributed by atoms with E-state index in [0.29, 0.717) is 5.56 Å². The number of hydrogen-bond acceptors (Lipinski definition) is 3. The van der Waals surface area contributed by atoms with Crippen LogP contribution in [0.5, 0.6) is 0 Å². The van der Waals surface area contributed by atoms with Crippen LogP contribution in [0, 0.1) is 6.92 Å². The quantitative estimate of drug-likeness (QED) is 0.548. The van der Waals surface area contributed by atoms with Crippen molar-refractivity contribution in [1.82, 2.24) is 5.32 Å². The molecule has 0 saturated heterocycles. The zero-order valence-electron chi connectivity index (χ0n) is 16.0.